The van der Waals surface area contributed by atoms with E-state index in [1.807, 2.05) is 12.2 Å². The van der Waals surface area contributed by atoms with Crippen molar-refractivity contribution in [3.8, 4) is 0 Å². The molecule has 1 saturated heterocycles. The molecule has 2 rings (SSSR count). The molecule has 0 aromatic heterocycles. The average molecular weight is 1240 g/mol. The van der Waals surface area contributed by atoms with Crippen LogP contribution in [0.2, 0.25) is 0 Å². The van der Waals surface area contributed by atoms with Gasteiger partial charge >= 0.3 is 17.9 Å². The zero-order valence-electron chi connectivity index (χ0n) is 44.1. The number of alkyl halides is 3. The zero-order chi connectivity index (χ0) is 55.0. The molecule has 2 aliphatic rings. The van der Waals surface area contributed by atoms with E-state index < -0.39 is 86.1 Å². The number of hydrogen-bond acceptors (Lipinski definition) is 17. The van der Waals surface area contributed by atoms with Gasteiger partial charge in [0.25, 0.3) is 17.7 Å². The fourth-order valence-corrected chi connectivity index (χ4v) is 8.44. The van der Waals surface area contributed by atoms with Gasteiger partial charge in [-0.15, -0.1) is 0 Å². The lowest BCUT2D eigenvalue weighted by molar-refractivity contribution is -0.167. The fourth-order valence-electron chi connectivity index (χ4n) is 6.42. The van der Waals surface area contributed by atoms with Crippen LogP contribution in [-0.4, -0.2) is 195 Å². The van der Waals surface area contributed by atoms with Crippen LogP contribution in [0.5, 0.6) is 0 Å². The van der Waals surface area contributed by atoms with Crippen molar-refractivity contribution in [1.29, 1.82) is 0 Å². The Morgan fingerprint density at radius 2 is 0.889 bits per heavy atom. The van der Waals surface area contributed by atoms with Gasteiger partial charge in [-0.25, -0.2) is 12.7 Å². The lowest BCUT2D eigenvalue weighted by Crippen LogP contribution is -2.60. The third kappa shape index (κ3) is 22.1. The Balaban J connectivity index is 2.00. The molecule has 2 heterocycles. The largest absolute Gasteiger partial charge is 0.449 e. The van der Waals surface area contributed by atoms with E-state index in [4.69, 9.17) is 42.6 Å². The third-order valence-corrected chi connectivity index (χ3v) is 14.4. The standard InChI is InChI=1S/C47H79Br3N4O17S/c1-41(2,48)38(58)69-44(7,8)35(55)51-28-47(29-52-36(56)45(9,10)70-39(59)42(3,4)49,30-53-37(57)46(11,12)71-40(60)43(5,6)50)31-67-26-25-66-24-23-65-22-21-64-20-19-63-18-14-17-54(13)72(61,62)34-27-32-15-16-33(34)68-32/h15-16,32-34H,14,17-31H2,1-13H3,(H,51,55)(H,52,56)(H,53,57). The normalized spacial score (nSPS) is 17.7. The van der Waals surface area contributed by atoms with E-state index in [9.17, 15) is 37.2 Å². The molecule has 1 fully saturated rings. The van der Waals surface area contributed by atoms with E-state index in [-0.39, 0.29) is 64.9 Å². The summed E-state index contributed by atoms with van der Waals surface area (Å²) in [6.07, 6.45) is 4.26. The number of hydrogen-bond donors (Lipinski definition) is 3. The first kappa shape index (κ1) is 65.8. The van der Waals surface area contributed by atoms with Gasteiger partial charge in [-0.3, -0.25) is 28.8 Å². The molecule has 3 N–H and O–H groups in total. The van der Waals surface area contributed by atoms with E-state index in [0.717, 1.165) is 0 Å². The molecule has 0 aromatic carbocycles. The van der Waals surface area contributed by atoms with Crippen molar-refractivity contribution in [2.45, 2.75) is 143 Å². The van der Waals surface area contributed by atoms with Crippen LogP contribution in [0, 0.1) is 5.41 Å². The van der Waals surface area contributed by atoms with E-state index in [1.54, 1.807) is 48.6 Å². The first-order chi connectivity index (χ1) is 33.0. The SMILES string of the molecule is CN(CCCOCCOCCOCCOCCOCC(CNC(=O)C(C)(C)OC(=O)C(C)(C)Br)(CNC(=O)C(C)(C)OC(=O)C(C)(C)Br)CNC(=O)C(C)(C)OC(=O)C(C)(C)Br)S(=O)(=O)C1CC2C=CC1O2. The summed E-state index contributed by atoms with van der Waals surface area (Å²) in [5, 5.41) is 7.82. The molecule has 2 aliphatic heterocycles. The van der Waals surface area contributed by atoms with Gasteiger partial charge in [0.05, 0.1) is 71.7 Å². The highest BCUT2D eigenvalue weighted by Gasteiger charge is 2.47. The van der Waals surface area contributed by atoms with Crippen molar-refractivity contribution in [1.82, 2.24) is 20.3 Å². The van der Waals surface area contributed by atoms with Crippen molar-refractivity contribution >= 4 is 93.4 Å². The number of esters is 3. The zero-order valence-corrected chi connectivity index (χ0v) is 49.7. The number of carbonyl (C=O) groups excluding carboxylic acids is 6. The van der Waals surface area contributed by atoms with Crippen molar-refractivity contribution in [3.63, 3.8) is 0 Å². The number of fused-ring (bicyclic) bond motifs is 2. The van der Waals surface area contributed by atoms with Crippen molar-refractivity contribution < 1.29 is 79.8 Å². The van der Waals surface area contributed by atoms with Crippen LogP contribution in [0.25, 0.3) is 0 Å². The number of ether oxygens (including phenoxy) is 9. The van der Waals surface area contributed by atoms with Gasteiger partial charge in [-0.2, -0.15) is 0 Å². The van der Waals surface area contributed by atoms with Gasteiger partial charge in [0.1, 0.15) is 18.2 Å². The molecule has 25 heteroatoms. The van der Waals surface area contributed by atoms with E-state index in [2.05, 4.69) is 63.7 Å². The molecular formula is C47H79Br3N4O17S. The number of sulfonamides is 1. The number of carbonyl (C=O) groups is 6. The average Bonchev–Trinajstić information content (AvgIpc) is 3.91. The predicted molar refractivity (Wildman–Crippen MR) is 277 cm³/mol. The van der Waals surface area contributed by atoms with Gasteiger partial charge in [0.15, 0.2) is 16.8 Å². The molecule has 0 spiro atoms. The minimum absolute atomic E-state index is 0.0249. The molecular weight excluding hydrogens is 1160 g/mol. The topological polar surface area (TPSA) is 259 Å². The van der Waals surface area contributed by atoms with E-state index >= 15 is 0 Å². The summed E-state index contributed by atoms with van der Waals surface area (Å²) < 4.78 is 74.7. The van der Waals surface area contributed by atoms with Gasteiger partial charge in [0, 0.05) is 45.2 Å². The summed E-state index contributed by atoms with van der Waals surface area (Å²) in [6.45, 7) is 19.5. The smallest absolute Gasteiger partial charge is 0.323 e. The Morgan fingerprint density at radius 3 is 1.19 bits per heavy atom. The molecule has 72 heavy (non-hydrogen) atoms. The Hall–Kier alpha value is -2.33. The van der Waals surface area contributed by atoms with Crippen LogP contribution in [0.4, 0.5) is 0 Å². The maximum atomic E-state index is 13.7. The maximum Gasteiger partial charge on any atom is 0.323 e. The molecule has 416 valence electrons. The number of amides is 3. The number of rotatable bonds is 35. The highest BCUT2D eigenvalue weighted by molar-refractivity contribution is 9.10. The van der Waals surface area contributed by atoms with Gasteiger partial charge in [-0.1, -0.05) is 59.9 Å². The summed E-state index contributed by atoms with van der Waals surface area (Å²) in [5.74, 6) is -4.21. The fraction of sp³-hybridized carbons (Fsp3) is 0.830. The van der Waals surface area contributed by atoms with E-state index in [0.29, 0.717) is 52.4 Å². The molecule has 21 nitrogen and oxygen atoms in total. The Kier molecular flexibility index (Phi) is 25.7. The Morgan fingerprint density at radius 1 is 0.556 bits per heavy atom. The highest BCUT2D eigenvalue weighted by Crippen LogP contribution is 2.34. The molecule has 0 saturated carbocycles. The lowest BCUT2D eigenvalue weighted by Gasteiger charge is -2.37. The van der Waals surface area contributed by atoms with Crippen LogP contribution in [0.15, 0.2) is 12.2 Å². The summed E-state index contributed by atoms with van der Waals surface area (Å²) in [7, 11) is -1.88. The molecule has 2 bridgehead atoms. The van der Waals surface area contributed by atoms with Crippen LogP contribution in [0.3, 0.4) is 0 Å². The Bertz CT molecular complexity index is 1830. The maximum absolute atomic E-state index is 13.7. The first-order valence-electron chi connectivity index (χ1n) is 23.8. The number of nitrogens with zero attached hydrogens (tertiary/aromatic N) is 1. The van der Waals surface area contributed by atoms with Crippen LogP contribution >= 0.6 is 47.8 Å². The van der Waals surface area contributed by atoms with Gasteiger partial charge in [-0.05, 0) is 95.9 Å². The molecule has 0 aromatic rings. The van der Waals surface area contributed by atoms with Crippen LogP contribution < -0.4 is 16.0 Å². The molecule has 3 atom stereocenters. The summed E-state index contributed by atoms with van der Waals surface area (Å²) in [6, 6.07) is 0. The summed E-state index contributed by atoms with van der Waals surface area (Å²) >= 11 is 9.75. The third-order valence-electron chi connectivity index (χ3n) is 11.2. The monoisotopic (exact) mass is 1240 g/mol. The first-order valence-corrected chi connectivity index (χ1v) is 27.6. The second-order valence-corrected chi connectivity index (χ2v) is 28.9. The van der Waals surface area contributed by atoms with Crippen molar-refractivity contribution in [3.05, 3.63) is 12.2 Å². The van der Waals surface area contributed by atoms with Gasteiger partial charge in [0.2, 0.25) is 10.0 Å². The number of halogens is 3. The van der Waals surface area contributed by atoms with Crippen LogP contribution in [-0.2, 0) is 81.4 Å². The highest BCUT2D eigenvalue weighted by atomic mass is 79.9. The molecule has 3 amide bonds. The van der Waals surface area contributed by atoms with E-state index in [1.165, 1.54) is 45.8 Å². The quantitative estimate of drug-likeness (QED) is 0.0269. The number of nitrogens with one attached hydrogen (secondary N) is 3. The van der Waals surface area contributed by atoms with Crippen LogP contribution in [0.1, 0.15) is 95.9 Å². The molecule has 0 aliphatic carbocycles. The van der Waals surface area contributed by atoms with Gasteiger partial charge < -0.3 is 58.6 Å². The minimum Gasteiger partial charge on any atom is -0.449 e. The minimum atomic E-state index is -3.46. The second kappa shape index (κ2) is 28.2. The predicted octanol–water partition coefficient (Wildman–Crippen LogP) is 3.64. The molecule has 3 unspecified atom stereocenters. The lowest BCUT2D eigenvalue weighted by atomic mass is 9.87. The van der Waals surface area contributed by atoms with Crippen molar-refractivity contribution in [2.24, 2.45) is 5.41 Å². The van der Waals surface area contributed by atoms with Crippen molar-refractivity contribution in [2.75, 3.05) is 99.3 Å². The Labute approximate surface area is 451 Å². The molecule has 0 radical (unpaired) electrons. The second-order valence-electron chi connectivity index (χ2n) is 20.7. The summed E-state index contributed by atoms with van der Waals surface area (Å²) in [5.41, 5.74) is -6.37. The summed E-state index contributed by atoms with van der Waals surface area (Å²) in [4.78, 5) is 79.4.